The van der Waals surface area contributed by atoms with Crippen molar-refractivity contribution in [2.24, 2.45) is 5.73 Å². The third-order valence-electron chi connectivity index (χ3n) is 2.99. The number of hydrogen-bond donors (Lipinski definition) is 2. The topological polar surface area (TPSA) is 113 Å². The maximum atomic E-state index is 13.0. The van der Waals surface area contributed by atoms with Crippen LogP contribution in [0.4, 0.5) is 9.18 Å². The number of nitrogens with zero attached hydrogens (tertiary/aromatic N) is 2. The molecule has 0 saturated carbocycles. The summed E-state index contributed by atoms with van der Waals surface area (Å²) in [6.07, 6.45) is -1.11. The van der Waals surface area contributed by atoms with Gasteiger partial charge in [-0.2, -0.15) is 5.06 Å². The van der Waals surface area contributed by atoms with Gasteiger partial charge < -0.3 is 15.7 Å². The highest BCUT2D eigenvalue weighted by atomic mass is 19.1. The van der Waals surface area contributed by atoms with Crippen LogP contribution in [0.25, 0.3) is 0 Å². The summed E-state index contributed by atoms with van der Waals surface area (Å²) >= 11 is 0. The molecule has 0 aromatic heterocycles. The first kappa shape index (κ1) is 13.3. The molecule has 2 rings (SSSR count). The highest BCUT2D eigenvalue weighted by Gasteiger charge is 2.48. The molecule has 0 radical (unpaired) electrons. The van der Waals surface area contributed by atoms with Gasteiger partial charge in [-0.1, -0.05) is 6.08 Å². The Kier molecular flexibility index (Phi) is 3.14. The van der Waals surface area contributed by atoms with Gasteiger partial charge in [-0.3, -0.25) is 4.79 Å². The van der Waals surface area contributed by atoms with Crippen molar-refractivity contribution in [3.8, 4) is 0 Å². The van der Waals surface area contributed by atoms with Crippen LogP contribution in [0.1, 0.15) is 6.92 Å². The number of fused-ring (bicyclic) bond motifs is 2. The van der Waals surface area contributed by atoms with Crippen molar-refractivity contribution in [2.45, 2.75) is 25.4 Å². The van der Waals surface area contributed by atoms with E-state index in [-0.39, 0.29) is 6.54 Å². The van der Waals surface area contributed by atoms with Crippen LogP contribution in [0.2, 0.25) is 0 Å². The second kappa shape index (κ2) is 4.50. The highest BCUT2D eigenvalue weighted by Crippen LogP contribution is 2.29. The zero-order valence-electron chi connectivity index (χ0n) is 9.95. The number of aliphatic carboxylic acids is 1. The minimum absolute atomic E-state index is 0.0934. The molecule has 0 aliphatic carbocycles. The molecule has 3 atom stereocenters. The number of alkyl halides is 1. The van der Waals surface area contributed by atoms with Crippen LogP contribution in [0, 0.1) is 0 Å². The number of rotatable bonds is 4. The van der Waals surface area contributed by atoms with Crippen LogP contribution in [0.5, 0.6) is 0 Å². The number of halogens is 1. The van der Waals surface area contributed by atoms with Gasteiger partial charge in [0.15, 0.2) is 0 Å². The van der Waals surface area contributed by atoms with Gasteiger partial charge >= 0.3 is 18.4 Å². The number of primary amides is 1. The molecule has 9 heteroatoms. The second-order valence-corrected chi connectivity index (χ2v) is 4.30. The van der Waals surface area contributed by atoms with Gasteiger partial charge in [-0.25, -0.2) is 18.8 Å². The van der Waals surface area contributed by atoms with Crippen LogP contribution in [-0.2, 0) is 14.4 Å². The van der Waals surface area contributed by atoms with E-state index in [9.17, 15) is 18.8 Å². The predicted molar refractivity (Wildman–Crippen MR) is 58.1 cm³/mol. The average molecular weight is 273 g/mol. The van der Waals surface area contributed by atoms with Gasteiger partial charge in [-0.05, 0) is 12.5 Å². The maximum absolute atomic E-state index is 13.0. The normalized spacial score (nSPS) is 27.3. The number of urea groups is 1. The molecular weight excluding hydrogens is 261 g/mol. The number of carbonyl (C=O) groups is 3. The molecule has 1 fully saturated rings. The molecule has 3 amide bonds. The third-order valence-corrected chi connectivity index (χ3v) is 2.99. The SMILES string of the molecule is CC1=C[C@@H]2CN(C(=O)N2O[C@@H](F)C(=O)O)[C@@H]1C(N)=O. The van der Waals surface area contributed by atoms with Crippen molar-refractivity contribution < 1.29 is 28.7 Å². The zero-order valence-corrected chi connectivity index (χ0v) is 9.95. The smallest absolute Gasteiger partial charge is 0.368 e. The van der Waals surface area contributed by atoms with Crippen molar-refractivity contribution in [3.63, 3.8) is 0 Å². The summed E-state index contributed by atoms with van der Waals surface area (Å²) in [6.45, 7) is 1.70. The summed E-state index contributed by atoms with van der Waals surface area (Å²) in [5.41, 5.74) is 5.73. The first-order chi connectivity index (χ1) is 8.82. The third kappa shape index (κ3) is 2.12. The molecular formula is C10H12FN3O5. The molecule has 0 unspecified atom stereocenters. The van der Waals surface area contributed by atoms with E-state index in [1.165, 1.54) is 6.08 Å². The van der Waals surface area contributed by atoms with Gasteiger partial charge in [-0.15, -0.1) is 0 Å². The minimum atomic E-state index is -2.65. The summed E-state index contributed by atoms with van der Waals surface area (Å²) in [5, 5.41) is 9.04. The van der Waals surface area contributed by atoms with E-state index in [4.69, 9.17) is 10.8 Å². The molecule has 3 N–H and O–H groups in total. The van der Waals surface area contributed by atoms with Crippen molar-refractivity contribution in [1.82, 2.24) is 9.96 Å². The molecule has 0 aromatic carbocycles. The average Bonchev–Trinajstić information content (AvgIpc) is 2.54. The lowest BCUT2D eigenvalue weighted by Crippen LogP contribution is -2.48. The minimum Gasteiger partial charge on any atom is -0.477 e. The molecule has 2 heterocycles. The lowest BCUT2D eigenvalue weighted by molar-refractivity contribution is -0.219. The lowest BCUT2D eigenvalue weighted by atomic mass is 10.0. The summed E-state index contributed by atoms with van der Waals surface area (Å²) in [7, 11) is 0. The van der Waals surface area contributed by atoms with E-state index in [0.717, 1.165) is 4.90 Å². The molecule has 19 heavy (non-hydrogen) atoms. The molecule has 2 bridgehead atoms. The summed E-state index contributed by atoms with van der Waals surface area (Å²) in [5.74, 6) is -2.55. The fraction of sp³-hybridized carbons (Fsp3) is 0.500. The van der Waals surface area contributed by atoms with Crippen molar-refractivity contribution in [2.75, 3.05) is 6.54 Å². The van der Waals surface area contributed by atoms with Crippen LogP contribution in [0.3, 0.4) is 0 Å². The van der Waals surface area contributed by atoms with Crippen molar-refractivity contribution in [1.29, 1.82) is 0 Å². The van der Waals surface area contributed by atoms with E-state index < -0.39 is 36.3 Å². The van der Waals surface area contributed by atoms with Gasteiger partial charge in [0, 0.05) is 0 Å². The fourth-order valence-corrected chi connectivity index (χ4v) is 2.24. The Hall–Kier alpha value is -2.16. The van der Waals surface area contributed by atoms with Crippen LogP contribution < -0.4 is 5.73 Å². The number of hydroxylamine groups is 2. The van der Waals surface area contributed by atoms with E-state index in [0.29, 0.717) is 10.6 Å². The lowest BCUT2D eigenvalue weighted by Gasteiger charge is -2.27. The highest BCUT2D eigenvalue weighted by molar-refractivity contribution is 5.90. The fourth-order valence-electron chi connectivity index (χ4n) is 2.24. The molecule has 2 aliphatic rings. The molecule has 1 saturated heterocycles. The van der Waals surface area contributed by atoms with Gasteiger partial charge in [0.1, 0.15) is 6.04 Å². The van der Waals surface area contributed by atoms with Crippen LogP contribution in [-0.4, -0.2) is 58.0 Å². The van der Waals surface area contributed by atoms with Gasteiger partial charge in [0.05, 0.1) is 12.6 Å². The first-order valence-corrected chi connectivity index (χ1v) is 5.44. The predicted octanol–water partition coefficient (Wildman–Crippen LogP) is -0.782. The number of carboxylic acids is 1. The van der Waals surface area contributed by atoms with Gasteiger partial charge in [0.25, 0.3) is 0 Å². The Morgan fingerprint density at radius 2 is 2.26 bits per heavy atom. The van der Waals surface area contributed by atoms with E-state index in [2.05, 4.69) is 4.84 Å². The summed E-state index contributed by atoms with van der Waals surface area (Å²) in [6, 6.07) is -2.34. The Labute approximate surface area is 107 Å². The Balaban J connectivity index is 2.22. The summed E-state index contributed by atoms with van der Waals surface area (Å²) in [4.78, 5) is 39.2. The number of hydrogen-bond acceptors (Lipinski definition) is 4. The zero-order chi connectivity index (χ0) is 14.3. The molecule has 8 nitrogen and oxygen atoms in total. The van der Waals surface area contributed by atoms with Crippen LogP contribution >= 0.6 is 0 Å². The van der Waals surface area contributed by atoms with Crippen molar-refractivity contribution >= 4 is 17.9 Å². The molecule has 104 valence electrons. The molecule has 0 spiro atoms. The standard InChI is InChI=1S/C10H12FN3O5/c1-4-2-5-3-13(6(4)8(12)15)10(18)14(5)19-7(11)9(16)17/h2,5-7H,3H2,1H3,(H2,12,15)(H,16,17)/t5-,6+,7-/m1/s1. The Morgan fingerprint density at radius 3 is 2.79 bits per heavy atom. The summed E-state index contributed by atoms with van der Waals surface area (Å²) < 4.78 is 13.0. The largest absolute Gasteiger partial charge is 0.477 e. The number of amides is 3. The molecule has 2 aliphatic heterocycles. The second-order valence-electron chi connectivity index (χ2n) is 4.30. The van der Waals surface area contributed by atoms with Gasteiger partial charge in [0.2, 0.25) is 5.91 Å². The number of carboxylic acid groups (broad SMARTS) is 1. The number of carbonyl (C=O) groups excluding carboxylic acids is 2. The monoisotopic (exact) mass is 273 g/mol. The first-order valence-electron chi connectivity index (χ1n) is 5.44. The maximum Gasteiger partial charge on any atom is 0.368 e. The Bertz CT molecular complexity index is 480. The van der Waals surface area contributed by atoms with E-state index in [1.807, 2.05) is 0 Å². The van der Waals surface area contributed by atoms with E-state index >= 15 is 0 Å². The van der Waals surface area contributed by atoms with E-state index in [1.54, 1.807) is 6.92 Å². The van der Waals surface area contributed by atoms with Crippen LogP contribution in [0.15, 0.2) is 11.6 Å². The molecule has 0 aromatic rings. The van der Waals surface area contributed by atoms with Crippen molar-refractivity contribution in [3.05, 3.63) is 11.6 Å². The quantitative estimate of drug-likeness (QED) is 0.652. The number of nitrogens with two attached hydrogens (primary N) is 1. The Morgan fingerprint density at radius 1 is 1.63 bits per heavy atom.